The predicted molar refractivity (Wildman–Crippen MR) is 63.5 cm³/mol. The highest BCUT2D eigenvalue weighted by molar-refractivity contribution is 5.87. The van der Waals surface area contributed by atoms with Crippen molar-refractivity contribution in [2.24, 2.45) is 0 Å². The molecule has 0 unspecified atom stereocenters. The highest BCUT2D eigenvalue weighted by atomic mass is 16.5. The van der Waals surface area contributed by atoms with Gasteiger partial charge in [-0.1, -0.05) is 12.1 Å². The van der Waals surface area contributed by atoms with E-state index < -0.39 is 5.60 Å². The lowest BCUT2D eigenvalue weighted by atomic mass is 9.96. The Balaban J connectivity index is 2.68. The van der Waals surface area contributed by atoms with Crippen LogP contribution < -0.4 is 4.74 Å². The molecule has 0 radical (unpaired) electrons. The van der Waals surface area contributed by atoms with Gasteiger partial charge >= 0.3 is 0 Å². The number of fused-ring (bicyclic) bond motifs is 1. The number of pyridine rings is 1. The lowest BCUT2D eigenvalue weighted by molar-refractivity contribution is 0.0787. The van der Waals surface area contributed by atoms with Crippen molar-refractivity contribution < 1.29 is 9.84 Å². The summed E-state index contributed by atoms with van der Waals surface area (Å²) in [6, 6.07) is 7.72. The number of benzene rings is 1. The molecule has 0 bridgehead atoms. The largest absolute Gasteiger partial charge is 0.481 e. The van der Waals surface area contributed by atoms with Crippen LogP contribution in [0.25, 0.3) is 10.8 Å². The van der Waals surface area contributed by atoms with E-state index in [2.05, 4.69) is 4.98 Å². The van der Waals surface area contributed by atoms with E-state index in [-0.39, 0.29) is 0 Å². The average molecular weight is 217 g/mol. The van der Waals surface area contributed by atoms with E-state index in [0.29, 0.717) is 5.88 Å². The summed E-state index contributed by atoms with van der Waals surface area (Å²) in [7, 11) is 1.60. The van der Waals surface area contributed by atoms with Gasteiger partial charge in [0, 0.05) is 11.6 Å². The molecule has 1 aromatic carbocycles. The van der Waals surface area contributed by atoms with Crippen LogP contribution in [0.2, 0.25) is 0 Å². The van der Waals surface area contributed by atoms with Crippen molar-refractivity contribution in [3.63, 3.8) is 0 Å². The average Bonchev–Trinajstić information content (AvgIpc) is 2.26. The van der Waals surface area contributed by atoms with Crippen LogP contribution in [0.1, 0.15) is 19.4 Å². The zero-order valence-corrected chi connectivity index (χ0v) is 9.69. The Morgan fingerprint density at radius 1 is 1.25 bits per heavy atom. The second-order valence-corrected chi connectivity index (χ2v) is 4.32. The molecule has 1 aromatic heterocycles. The van der Waals surface area contributed by atoms with Gasteiger partial charge in [-0.15, -0.1) is 0 Å². The topological polar surface area (TPSA) is 42.4 Å². The maximum Gasteiger partial charge on any atom is 0.221 e. The zero-order chi connectivity index (χ0) is 11.8. The first-order valence-electron chi connectivity index (χ1n) is 5.18. The summed E-state index contributed by atoms with van der Waals surface area (Å²) in [5, 5.41) is 11.9. The van der Waals surface area contributed by atoms with E-state index >= 15 is 0 Å². The molecule has 0 fully saturated rings. The normalized spacial score (nSPS) is 11.8. The highest BCUT2D eigenvalue weighted by Crippen LogP contribution is 2.28. The van der Waals surface area contributed by atoms with Crippen molar-refractivity contribution in [1.29, 1.82) is 0 Å². The van der Waals surface area contributed by atoms with Crippen LogP contribution in [-0.4, -0.2) is 17.2 Å². The summed E-state index contributed by atoms with van der Waals surface area (Å²) < 4.78 is 5.20. The number of aliphatic hydroxyl groups is 1. The van der Waals surface area contributed by atoms with Gasteiger partial charge < -0.3 is 9.84 Å². The third kappa shape index (κ3) is 1.86. The summed E-state index contributed by atoms with van der Waals surface area (Å²) in [4.78, 5) is 4.14. The van der Waals surface area contributed by atoms with Gasteiger partial charge in [0.1, 0.15) is 0 Å². The molecule has 3 nitrogen and oxygen atoms in total. The minimum atomic E-state index is -0.852. The molecule has 0 saturated heterocycles. The molecule has 2 rings (SSSR count). The molecular weight excluding hydrogens is 202 g/mol. The standard InChI is InChI=1S/C13H15NO2/c1-13(2,15)10-5-4-9-6-7-14-12(16-3)11(9)8-10/h4-8,15H,1-3H3. The molecule has 0 spiro atoms. The number of rotatable bonds is 2. The molecule has 0 atom stereocenters. The minimum Gasteiger partial charge on any atom is -0.481 e. The minimum absolute atomic E-state index is 0.587. The summed E-state index contributed by atoms with van der Waals surface area (Å²) in [6.45, 7) is 3.52. The highest BCUT2D eigenvalue weighted by Gasteiger charge is 2.16. The number of hydrogen-bond donors (Lipinski definition) is 1. The summed E-state index contributed by atoms with van der Waals surface area (Å²) in [6.07, 6.45) is 1.71. The molecule has 1 N–H and O–H groups in total. The van der Waals surface area contributed by atoms with Crippen molar-refractivity contribution in [2.75, 3.05) is 7.11 Å². The number of nitrogens with zero attached hydrogens (tertiary/aromatic N) is 1. The van der Waals surface area contributed by atoms with Gasteiger partial charge in [0.25, 0.3) is 0 Å². The van der Waals surface area contributed by atoms with Gasteiger partial charge in [-0.2, -0.15) is 0 Å². The van der Waals surface area contributed by atoms with Crippen LogP contribution in [-0.2, 0) is 5.60 Å². The zero-order valence-electron chi connectivity index (χ0n) is 9.69. The Bertz CT molecular complexity index is 515. The van der Waals surface area contributed by atoms with Gasteiger partial charge in [0.05, 0.1) is 12.7 Å². The van der Waals surface area contributed by atoms with Crippen molar-refractivity contribution in [3.05, 3.63) is 36.0 Å². The molecule has 2 aromatic rings. The van der Waals surface area contributed by atoms with Crippen LogP contribution in [0.15, 0.2) is 30.5 Å². The fourth-order valence-corrected chi connectivity index (χ4v) is 1.68. The Morgan fingerprint density at radius 3 is 2.62 bits per heavy atom. The van der Waals surface area contributed by atoms with Crippen molar-refractivity contribution >= 4 is 10.8 Å². The second-order valence-electron chi connectivity index (χ2n) is 4.32. The predicted octanol–water partition coefficient (Wildman–Crippen LogP) is 2.47. The molecule has 0 aliphatic carbocycles. The lowest BCUT2D eigenvalue weighted by Crippen LogP contribution is -2.15. The van der Waals surface area contributed by atoms with E-state index in [1.54, 1.807) is 27.2 Å². The van der Waals surface area contributed by atoms with Gasteiger partial charge in [-0.3, -0.25) is 0 Å². The van der Waals surface area contributed by atoms with Crippen molar-refractivity contribution in [3.8, 4) is 5.88 Å². The maximum atomic E-state index is 9.95. The quantitative estimate of drug-likeness (QED) is 0.840. The number of aromatic nitrogens is 1. The van der Waals surface area contributed by atoms with Gasteiger partial charge in [0.15, 0.2) is 0 Å². The summed E-state index contributed by atoms with van der Waals surface area (Å²) >= 11 is 0. The van der Waals surface area contributed by atoms with Crippen LogP contribution in [0.4, 0.5) is 0 Å². The van der Waals surface area contributed by atoms with E-state index in [1.807, 2.05) is 24.3 Å². The fourth-order valence-electron chi connectivity index (χ4n) is 1.68. The van der Waals surface area contributed by atoms with Crippen LogP contribution in [0, 0.1) is 0 Å². The third-order valence-corrected chi connectivity index (χ3v) is 2.63. The molecule has 0 amide bonds. The lowest BCUT2D eigenvalue weighted by Gasteiger charge is -2.18. The molecule has 0 aliphatic rings. The van der Waals surface area contributed by atoms with E-state index in [0.717, 1.165) is 16.3 Å². The first-order valence-corrected chi connectivity index (χ1v) is 5.18. The van der Waals surface area contributed by atoms with Crippen LogP contribution in [0.3, 0.4) is 0 Å². The van der Waals surface area contributed by atoms with Gasteiger partial charge in [-0.25, -0.2) is 4.98 Å². The SMILES string of the molecule is COc1nccc2ccc(C(C)(C)O)cc12. The number of ether oxygens (including phenoxy) is 1. The molecular formula is C13H15NO2. The number of methoxy groups -OCH3 is 1. The van der Waals surface area contributed by atoms with Crippen LogP contribution in [0.5, 0.6) is 5.88 Å². The molecule has 16 heavy (non-hydrogen) atoms. The molecule has 0 saturated carbocycles. The van der Waals surface area contributed by atoms with Gasteiger partial charge in [0.2, 0.25) is 5.88 Å². The first-order chi connectivity index (χ1) is 7.52. The fraction of sp³-hybridized carbons (Fsp3) is 0.308. The summed E-state index contributed by atoms with van der Waals surface area (Å²) in [5.41, 5.74) is 0.000916. The van der Waals surface area contributed by atoms with Crippen molar-refractivity contribution in [2.45, 2.75) is 19.4 Å². The van der Waals surface area contributed by atoms with Crippen LogP contribution >= 0.6 is 0 Å². The number of hydrogen-bond acceptors (Lipinski definition) is 3. The van der Waals surface area contributed by atoms with E-state index in [9.17, 15) is 5.11 Å². The molecule has 3 heteroatoms. The monoisotopic (exact) mass is 217 g/mol. The Kier molecular flexibility index (Phi) is 2.56. The molecule has 84 valence electrons. The molecule has 1 heterocycles. The Labute approximate surface area is 94.7 Å². The Morgan fingerprint density at radius 2 is 2.00 bits per heavy atom. The Hall–Kier alpha value is -1.61. The summed E-state index contributed by atoms with van der Waals surface area (Å²) in [5.74, 6) is 0.587. The smallest absolute Gasteiger partial charge is 0.221 e. The first kappa shape index (κ1) is 10.9. The van der Waals surface area contributed by atoms with Gasteiger partial charge in [-0.05, 0) is 36.9 Å². The third-order valence-electron chi connectivity index (χ3n) is 2.63. The van der Waals surface area contributed by atoms with E-state index in [1.165, 1.54) is 0 Å². The van der Waals surface area contributed by atoms with Crippen molar-refractivity contribution in [1.82, 2.24) is 4.98 Å². The maximum absolute atomic E-state index is 9.95. The molecule has 0 aliphatic heterocycles. The second kappa shape index (κ2) is 3.76. The van der Waals surface area contributed by atoms with E-state index in [4.69, 9.17) is 4.74 Å².